The lowest BCUT2D eigenvalue weighted by atomic mass is 9.81. The Balaban J connectivity index is 1.99. The van der Waals surface area contributed by atoms with Gasteiger partial charge in [-0.3, -0.25) is 9.69 Å². The van der Waals surface area contributed by atoms with E-state index in [-0.39, 0.29) is 12.0 Å². The predicted octanol–water partition coefficient (Wildman–Crippen LogP) is 2.02. The topological polar surface area (TPSA) is 78.6 Å². The van der Waals surface area contributed by atoms with E-state index < -0.39 is 5.41 Å². The normalized spacial score (nSPS) is 16.8. The third kappa shape index (κ3) is 5.03. The van der Waals surface area contributed by atoms with Crippen molar-refractivity contribution in [3.05, 3.63) is 35.4 Å². The van der Waals surface area contributed by atoms with E-state index in [1.165, 1.54) is 5.56 Å². The Hall–Kier alpha value is -1.43. The standard InChI is InChI=1S/C20H33N3O2/c1-3-20(4-2,15-21)19(25)22-13-16-7-5-6-8-17(16)14-23-11-9-18(24)10-12-23/h5-8,18,24H,3-4,9-15,21H2,1-2H3,(H,22,25). The molecule has 0 saturated carbocycles. The van der Waals surface area contributed by atoms with Crippen LogP contribution >= 0.6 is 0 Å². The third-order valence-electron chi connectivity index (χ3n) is 5.73. The number of nitrogens with one attached hydrogen (secondary N) is 1. The van der Waals surface area contributed by atoms with Crippen molar-refractivity contribution < 1.29 is 9.90 Å². The molecular formula is C20H33N3O2. The smallest absolute Gasteiger partial charge is 0.227 e. The molecule has 0 atom stereocenters. The van der Waals surface area contributed by atoms with E-state index >= 15 is 0 Å². The number of nitrogens with two attached hydrogens (primary N) is 1. The number of piperidine rings is 1. The highest BCUT2D eigenvalue weighted by atomic mass is 16.3. The minimum atomic E-state index is -0.460. The molecule has 4 N–H and O–H groups in total. The maximum absolute atomic E-state index is 12.6. The van der Waals surface area contributed by atoms with Crippen LogP contribution in [-0.2, 0) is 17.9 Å². The summed E-state index contributed by atoms with van der Waals surface area (Å²) in [6.07, 6.45) is 3.03. The van der Waals surface area contributed by atoms with Crippen molar-refractivity contribution in [1.29, 1.82) is 0 Å². The summed E-state index contributed by atoms with van der Waals surface area (Å²) in [7, 11) is 0. The van der Waals surface area contributed by atoms with E-state index in [2.05, 4.69) is 22.3 Å². The molecule has 140 valence electrons. The lowest BCUT2D eigenvalue weighted by molar-refractivity contribution is -0.131. The van der Waals surface area contributed by atoms with E-state index in [0.717, 1.165) is 50.9 Å². The monoisotopic (exact) mass is 347 g/mol. The van der Waals surface area contributed by atoms with Gasteiger partial charge in [-0.2, -0.15) is 0 Å². The van der Waals surface area contributed by atoms with Gasteiger partial charge in [0.15, 0.2) is 0 Å². The van der Waals surface area contributed by atoms with Crippen LogP contribution in [0.3, 0.4) is 0 Å². The van der Waals surface area contributed by atoms with Gasteiger partial charge in [-0.1, -0.05) is 38.1 Å². The van der Waals surface area contributed by atoms with Gasteiger partial charge in [-0.25, -0.2) is 0 Å². The van der Waals surface area contributed by atoms with Crippen LogP contribution in [0.4, 0.5) is 0 Å². The number of carbonyl (C=O) groups excluding carboxylic acids is 1. The number of hydrogen-bond donors (Lipinski definition) is 3. The molecule has 0 bridgehead atoms. The summed E-state index contributed by atoms with van der Waals surface area (Å²) in [4.78, 5) is 15.0. The SMILES string of the molecule is CCC(CC)(CN)C(=O)NCc1ccccc1CN1CCC(O)CC1. The maximum atomic E-state index is 12.6. The molecular weight excluding hydrogens is 314 g/mol. The average Bonchev–Trinajstić information content (AvgIpc) is 2.65. The van der Waals surface area contributed by atoms with Gasteiger partial charge in [0, 0.05) is 32.7 Å². The van der Waals surface area contributed by atoms with Crippen LogP contribution in [0.2, 0.25) is 0 Å². The summed E-state index contributed by atoms with van der Waals surface area (Å²) >= 11 is 0. The van der Waals surface area contributed by atoms with Crippen molar-refractivity contribution in [2.24, 2.45) is 11.1 Å². The molecule has 5 nitrogen and oxygen atoms in total. The summed E-state index contributed by atoms with van der Waals surface area (Å²) in [6.45, 7) is 7.66. The van der Waals surface area contributed by atoms with Crippen LogP contribution in [0, 0.1) is 5.41 Å². The third-order valence-corrected chi connectivity index (χ3v) is 5.73. The summed E-state index contributed by atoms with van der Waals surface area (Å²) < 4.78 is 0. The number of aliphatic hydroxyl groups excluding tert-OH is 1. The summed E-state index contributed by atoms with van der Waals surface area (Å²) in [5.74, 6) is 0.0518. The van der Waals surface area contributed by atoms with Crippen molar-refractivity contribution >= 4 is 5.91 Å². The highest BCUT2D eigenvalue weighted by Crippen LogP contribution is 2.25. The van der Waals surface area contributed by atoms with Gasteiger partial charge < -0.3 is 16.2 Å². The molecule has 0 aromatic heterocycles. The fraction of sp³-hybridized carbons (Fsp3) is 0.650. The van der Waals surface area contributed by atoms with Gasteiger partial charge in [-0.15, -0.1) is 0 Å². The Labute approximate surface area is 151 Å². The van der Waals surface area contributed by atoms with Crippen LogP contribution in [0.1, 0.15) is 50.7 Å². The Morgan fingerprint density at radius 1 is 1.24 bits per heavy atom. The van der Waals surface area contributed by atoms with Gasteiger partial charge in [0.25, 0.3) is 0 Å². The molecule has 1 amide bonds. The van der Waals surface area contributed by atoms with E-state index in [0.29, 0.717) is 13.1 Å². The molecule has 1 saturated heterocycles. The Kier molecular flexibility index (Phi) is 7.41. The van der Waals surface area contributed by atoms with Gasteiger partial charge in [0.05, 0.1) is 11.5 Å². The first kappa shape index (κ1) is 19.9. The van der Waals surface area contributed by atoms with Crippen molar-refractivity contribution in [2.45, 2.75) is 58.7 Å². The van der Waals surface area contributed by atoms with Gasteiger partial charge in [-0.05, 0) is 36.8 Å². The number of aliphatic hydroxyl groups is 1. The molecule has 0 spiro atoms. The highest BCUT2D eigenvalue weighted by molar-refractivity contribution is 5.82. The molecule has 5 heteroatoms. The molecule has 1 aliphatic rings. The first-order valence-electron chi connectivity index (χ1n) is 9.50. The molecule has 0 radical (unpaired) electrons. The summed E-state index contributed by atoms with van der Waals surface area (Å²) in [5.41, 5.74) is 7.81. The number of amides is 1. The second-order valence-corrected chi connectivity index (χ2v) is 7.15. The Morgan fingerprint density at radius 3 is 2.40 bits per heavy atom. The molecule has 1 aromatic carbocycles. The number of rotatable bonds is 8. The van der Waals surface area contributed by atoms with Crippen LogP contribution in [0.15, 0.2) is 24.3 Å². The van der Waals surface area contributed by atoms with Gasteiger partial charge in [0.2, 0.25) is 5.91 Å². The van der Waals surface area contributed by atoms with E-state index in [4.69, 9.17) is 5.73 Å². The minimum absolute atomic E-state index is 0.0518. The number of likely N-dealkylation sites (tertiary alicyclic amines) is 1. The fourth-order valence-electron chi connectivity index (χ4n) is 3.52. The Morgan fingerprint density at radius 2 is 1.84 bits per heavy atom. The highest BCUT2D eigenvalue weighted by Gasteiger charge is 2.33. The predicted molar refractivity (Wildman–Crippen MR) is 101 cm³/mol. The molecule has 0 aliphatic carbocycles. The molecule has 2 rings (SSSR count). The van der Waals surface area contributed by atoms with Crippen LogP contribution in [-0.4, -0.2) is 41.7 Å². The fourth-order valence-corrected chi connectivity index (χ4v) is 3.52. The number of nitrogens with zero attached hydrogens (tertiary/aromatic N) is 1. The zero-order chi connectivity index (χ0) is 18.3. The van der Waals surface area contributed by atoms with Crippen molar-refractivity contribution in [2.75, 3.05) is 19.6 Å². The van der Waals surface area contributed by atoms with E-state index in [1.807, 2.05) is 26.0 Å². The molecule has 1 fully saturated rings. The second-order valence-electron chi connectivity index (χ2n) is 7.15. The molecule has 25 heavy (non-hydrogen) atoms. The number of benzene rings is 1. The molecule has 1 aliphatic heterocycles. The van der Waals surface area contributed by atoms with Crippen LogP contribution < -0.4 is 11.1 Å². The quantitative estimate of drug-likeness (QED) is 0.672. The van der Waals surface area contributed by atoms with Crippen LogP contribution in [0.5, 0.6) is 0 Å². The van der Waals surface area contributed by atoms with Crippen molar-refractivity contribution in [1.82, 2.24) is 10.2 Å². The number of hydrogen-bond acceptors (Lipinski definition) is 4. The van der Waals surface area contributed by atoms with Crippen molar-refractivity contribution in [3.8, 4) is 0 Å². The average molecular weight is 348 g/mol. The van der Waals surface area contributed by atoms with E-state index in [9.17, 15) is 9.90 Å². The Bertz CT molecular complexity index is 541. The van der Waals surface area contributed by atoms with E-state index in [1.54, 1.807) is 0 Å². The molecule has 1 heterocycles. The zero-order valence-electron chi connectivity index (χ0n) is 15.6. The van der Waals surface area contributed by atoms with Crippen molar-refractivity contribution in [3.63, 3.8) is 0 Å². The molecule has 0 unspecified atom stereocenters. The first-order chi connectivity index (χ1) is 12.0. The number of carbonyl (C=O) groups is 1. The molecule has 1 aromatic rings. The maximum Gasteiger partial charge on any atom is 0.227 e. The lowest BCUT2D eigenvalue weighted by Crippen LogP contribution is -2.45. The lowest BCUT2D eigenvalue weighted by Gasteiger charge is -2.30. The largest absolute Gasteiger partial charge is 0.393 e. The second kappa shape index (κ2) is 9.32. The zero-order valence-corrected chi connectivity index (χ0v) is 15.6. The van der Waals surface area contributed by atoms with Crippen LogP contribution in [0.25, 0.3) is 0 Å². The van der Waals surface area contributed by atoms with Gasteiger partial charge >= 0.3 is 0 Å². The minimum Gasteiger partial charge on any atom is -0.393 e. The summed E-state index contributed by atoms with van der Waals surface area (Å²) in [6, 6.07) is 8.27. The summed E-state index contributed by atoms with van der Waals surface area (Å²) in [5, 5.41) is 12.8. The van der Waals surface area contributed by atoms with Gasteiger partial charge in [0.1, 0.15) is 0 Å². The first-order valence-corrected chi connectivity index (χ1v) is 9.50.